The number of rotatable bonds is 7. The Hall–Kier alpha value is -1.55. The molecule has 0 fully saturated rings. The summed E-state index contributed by atoms with van der Waals surface area (Å²) >= 11 is 0. The van der Waals surface area contributed by atoms with Crippen LogP contribution in [-0.2, 0) is 0 Å². The highest BCUT2D eigenvalue weighted by molar-refractivity contribution is 5.97. The Labute approximate surface area is 122 Å². The van der Waals surface area contributed by atoms with Crippen molar-refractivity contribution in [3.63, 3.8) is 0 Å². The molecular formula is C16H27N3O. The van der Waals surface area contributed by atoms with Crippen molar-refractivity contribution in [1.29, 1.82) is 0 Å². The van der Waals surface area contributed by atoms with Crippen LogP contribution in [0.5, 0.6) is 0 Å². The maximum atomic E-state index is 12.1. The molecule has 0 bridgehead atoms. The quantitative estimate of drug-likeness (QED) is 0.671. The number of nitrogens with two attached hydrogens (primary N) is 1. The van der Waals surface area contributed by atoms with Gasteiger partial charge in [-0.15, -0.1) is 0 Å². The Bertz CT molecular complexity index is 443. The van der Waals surface area contributed by atoms with Crippen LogP contribution in [0, 0.1) is 12.8 Å². The summed E-state index contributed by atoms with van der Waals surface area (Å²) in [5.41, 5.74) is 8.17. The Morgan fingerprint density at radius 3 is 2.60 bits per heavy atom. The zero-order valence-electron chi connectivity index (χ0n) is 13.0. The highest BCUT2D eigenvalue weighted by atomic mass is 16.1. The first-order chi connectivity index (χ1) is 9.47. The van der Waals surface area contributed by atoms with Crippen LogP contribution in [0.25, 0.3) is 0 Å². The van der Waals surface area contributed by atoms with Crippen molar-refractivity contribution in [3.05, 3.63) is 29.3 Å². The third kappa shape index (κ3) is 4.53. The second-order valence-corrected chi connectivity index (χ2v) is 5.55. The molecule has 4 nitrogen and oxygen atoms in total. The number of benzene rings is 1. The van der Waals surface area contributed by atoms with E-state index < -0.39 is 0 Å². The molecule has 0 heterocycles. The fraction of sp³-hybridized carbons (Fsp3) is 0.562. The summed E-state index contributed by atoms with van der Waals surface area (Å²) in [7, 11) is 0. The fourth-order valence-electron chi connectivity index (χ4n) is 1.85. The summed E-state index contributed by atoms with van der Waals surface area (Å²) in [6, 6.07) is 6.16. The second kappa shape index (κ2) is 7.90. The van der Waals surface area contributed by atoms with Crippen molar-refractivity contribution < 1.29 is 4.79 Å². The molecule has 1 atom stereocenters. The normalized spacial score (nSPS) is 12.3. The van der Waals surface area contributed by atoms with E-state index >= 15 is 0 Å². The van der Waals surface area contributed by atoms with Gasteiger partial charge in [-0.25, -0.2) is 0 Å². The standard InChI is InChI=1S/C16H27N3O/c1-11(2)13(4)19-15-8-5-7-14(12(15)3)16(20)18-10-6-9-17/h5,7-8,11,13,19H,6,9-10,17H2,1-4H3,(H,18,20). The summed E-state index contributed by atoms with van der Waals surface area (Å²) in [6.07, 6.45) is 0.799. The van der Waals surface area contributed by atoms with Crippen molar-refractivity contribution >= 4 is 11.6 Å². The Morgan fingerprint density at radius 2 is 2.00 bits per heavy atom. The SMILES string of the molecule is Cc1c(NC(C)C(C)C)cccc1C(=O)NCCCN. The van der Waals surface area contributed by atoms with E-state index in [1.165, 1.54) is 0 Å². The van der Waals surface area contributed by atoms with Crippen LogP contribution < -0.4 is 16.4 Å². The molecular weight excluding hydrogens is 250 g/mol. The van der Waals surface area contributed by atoms with Gasteiger partial charge in [-0.3, -0.25) is 4.79 Å². The van der Waals surface area contributed by atoms with E-state index in [0.717, 1.165) is 23.2 Å². The predicted molar refractivity (Wildman–Crippen MR) is 85.1 cm³/mol. The van der Waals surface area contributed by atoms with Crippen molar-refractivity contribution in [3.8, 4) is 0 Å². The number of anilines is 1. The molecule has 0 aromatic heterocycles. The van der Waals surface area contributed by atoms with Crippen molar-refractivity contribution in [2.75, 3.05) is 18.4 Å². The first kappa shape index (κ1) is 16.5. The van der Waals surface area contributed by atoms with Gasteiger partial charge in [0.1, 0.15) is 0 Å². The van der Waals surface area contributed by atoms with Gasteiger partial charge >= 0.3 is 0 Å². The molecule has 1 unspecified atom stereocenters. The van der Waals surface area contributed by atoms with Gasteiger partial charge < -0.3 is 16.4 Å². The minimum Gasteiger partial charge on any atom is -0.382 e. The van der Waals surface area contributed by atoms with Gasteiger partial charge in [0.15, 0.2) is 0 Å². The van der Waals surface area contributed by atoms with Crippen LogP contribution in [0.3, 0.4) is 0 Å². The van der Waals surface area contributed by atoms with Crippen LogP contribution in [0.15, 0.2) is 18.2 Å². The second-order valence-electron chi connectivity index (χ2n) is 5.55. The molecule has 0 saturated carbocycles. The minimum absolute atomic E-state index is 0.0307. The van der Waals surface area contributed by atoms with Crippen LogP contribution in [0.2, 0.25) is 0 Å². The van der Waals surface area contributed by atoms with Gasteiger partial charge in [-0.2, -0.15) is 0 Å². The number of hydrogen-bond acceptors (Lipinski definition) is 3. The minimum atomic E-state index is -0.0307. The lowest BCUT2D eigenvalue weighted by Gasteiger charge is -2.21. The number of carbonyl (C=O) groups is 1. The lowest BCUT2D eigenvalue weighted by molar-refractivity contribution is 0.0953. The van der Waals surface area contributed by atoms with Crippen molar-refractivity contribution in [2.45, 2.75) is 40.2 Å². The van der Waals surface area contributed by atoms with E-state index in [0.29, 0.717) is 25.0 Å². The third-order valence-corrected chi connectivity index (χ3v) is 3.63. The molecule has 112 valence electrons. The average molecular weight is 277 g/mol. The molecule has 1 aromatic carbocycles. The summed E-state index contributed by atoms with van der Waals surface area (Å²) < 4.78 is 0. The lowest BCUT2D eigenvalue weighted by atomic mass is 10.0. The first-order valence-corrected chi connectivity index (χ1v) is 7.31. The molecule has 1 aromatic rings. The van der Waals surface area contributed by atoms with Crippen LogP contribution in [0.1, 0.15) is 43.1 Å². The van der Waals surface area contributed by atoms with Gasteiger partial charge in [-0.05, 0) is 50.4 Å². The van der Waals surface area contributed by atoms with E-state index in [4.69, 9.17) is 5.73 Å². The molecule has 0 aliphatic carbocycles. The van der Waals surface area contributed by atoms with Crippen molar-refractivity contribution in [1.82, 2.24) is 5.32 Å². The lowest BCUT2D eigenvalue weighted by Crippen LogP contribution is -2.27. The van der Waals surface area contributed by atoms with Gasteiger partial charge in [0.2, 0.25) is 0 Å². The molecule has 0 aliphatic rings. The summed E-state index contributed by atoms with van der Waals surface area (Å²) in [5, 5.41) is 6.37. The van der Waals surface area contributed by atoms with Crippen LogP contribution in [0.4, 0.5) is 5.69 Å². The zero-order valence-corrected chi connectivity index (χ0v) is 13.0. The molecule has 0 radical (unpaired) electrons. The number of nitrogens with one attached hydrogen (secondary N) is 2. The molecule has 0 spiro atoms. The van der Waals surface area contributed by atoms with E-state index in [-0.39, 0.29) is 5.91 Å². The summed E-state index contributed by atoms with van der Waals surface area (Å²) in [6.45, 7) is 9.69. The Morgan fingerprint density at radius 1 is 1.30 bits per heavy atom. The number of carbonyl (C=O) groups excluding carboxylic acids is 1. The molecule has 20 heavy (non-hydrogen) atoms. The van der Waals surface area contributed by atoms with E-state index in [9.17, 15) is 4.79 Å². The molecule has 1 amide bonds. The Balaban J connectivity index is 2.81. The monoisotopic (exact) mass is 277 g/mol. The third-order valence-electron chi connectivity index (χ3n) is 3.63. The molecule has 0 saturated heterocycles. The summed E-state index contributed by atoms with van der Waals surface area (Å²) in [4.78, 5) is 12.1. The average Bonchev–Trinajstić information content (AvgIpc) is 2.41. The van der Waals surface area contributed by atoms with Crippen LogP contribution >= 0.6 is 0 Å². The highest BCUT2D eigenvalue weighted by Gasteiger charge is 2.13. The van der Waals surface area contributed by atoms with E-state index in [1.54, 1.807) is 0 Å². The zero-order chi connectivity index (χ0) is 15.1. The van der Waals surface area contributed by atoms with E-state index in [2.05, 4.69) is 31.4 Å². The smallest absolute Gasteiger partial charge is 0.251 e. The van der Waals surface area contributed by atoms with Gasteiger partial charge in [-0.1, -0.05) is 19.9 Å². The molecule has 1 rings (SSSR count). The Kier molecular flexibility index (Phi) is 6.52. The fourth-order valence-corrected chi connectivity index (χ4v) is 1.85. The summed E-state index contributed by atoms with van der Waals surface area (Å²) in [5.74, 6) is 0.508. The van der Waals surface area contributed by atoms with Gasteiger partial charge in [0.25, 0.3) is 5.91 Å². The molecule has 0 aliphatic heterocycles. The van der Waals surface area contributed by atoms with E-state index in [1.807, 2.05) is 25.1 Å². The maximum Gasteiger partial charge on any atom is 0.251 e. The van der Waals surface area contributed by atoms with Crippen molar-refractivity contribution in [2.24, 2.45) is 11.7 Å². The number of amides is 1. The topological polar surface area (TPSA) is 67.2 Å². The van der Waals surface area contributed by atoms with Gasteiger partial charge in [0.05, 0.1) is 0 Å². The predicted octanol–water partition coefficient (Wildman–Crippen LogP) is 2.53. The number of hydrogen-bond donors (Lipinski definition) is 3. The van der Waals surface area contributed by atoms with Gasteiger partial charge in [0, 0.05) is 23.8 Å². The maximum absolute atomic E-state index is 12.1. The largest absolute Gasteiger partial charge is 0.382 e. The highest BCUT2D eigenvalue weighted by Crippen LogP contribution is 2.21. The molecule has 4 N–H and O–H groups in total. The molecule has 4 heteroatoms. The van der Waals surface area contributed by atoms with Crippen LogP contribution in [-0.4, -0.2) is 25.0 Å². The first-order valence-electron chi connectivity index (χ1n) is 7.31.